The Morgan fingerprint density at radius 2 is 1.88 bits per heavy atom. The normalized spacial score (nSPS) is 12.8. The Bertz CT molecular complexity index is 298. The highest BCUT2D eigenvalue weighted by Crippen LogP contribution is 2.22. The molecule has 0 saturated heterocycles. The Labute approximate surface area is 93.9 Å². The average molecular weight is 230 g/mol. The summed E-state index contributed by atoms with van der Waals surface area (Å²) < 4.78 is 28.0. The zero-order chi connectivity index (χ0) is 12.0. The van der Waals surface area contributed by atoms with Crippen molar-refractivity contribution in [2.24, 2.45) is 0 Å². The maximum atomic E-state index is 11.9. The van der Waals surface area contributed by atoms with Gasteiger partial charge in [-0.3, -0.25) is 0 Å². The molecule has 0 spiro atoms. The van der Waals surface area contributed by atoms with E-state index < -0.39 is 12.7 Å². The molecule has 1 aromatic carbocycles. The molecule has 2 nitrogen and oxygen atoms in total. The highest BCUT2D eigenvalue weighted by Gasteiger charge is 2.08. The second-order valence-electron chi connectivity index (χ2n) is 3.61. The topological polar surface area (TPSA) is 29.5 Å². The summed E-state index contributed by atoms with van der Waals surface area (Å²) in [6.45, 7) is -0.761. The Hall–Kier alpha value is -1.16. The molecule has 1 atom stereocenters. The standard InChI is InChI=1S/C12H16F2O2/c1-2-3-4-11(15)9-5-7-10(8-6-9)16-12(13)14/h5-8,11-12,15H,2-4H2,1H3. The number of ether oxygens (including phenoxy) is 1. The summed E-state index contributed by atoms with van der Waals surface area (Å²) in [6.07, 6.45) is 2.12. The lowest BCUT2D eigenvalue weighted by molar-refractivity contribution is -0.0498. The molecule has 0 fully saturated rings. The summed E-state index contributed by atoms with van der Waals surface area (Å²) in [5, 5.41) is 9.74. The molecule has 0 aliphatic carbocycles. The number of unbranched alkanes of at least 4 members (excludes halogenated alkanes) is 1. The Morgan fingerprint density at radius 1 is 1.25 bits per heavy atom. The number of hydrogen-bond acceptors (Lipinski definition) is 2. The summed E-state index contributed by atoms with van der Waals surface area (Å²) in [7, 11) is 0. The molecule has 90 valence electrons. The van der Waals surface area contributed by atoms with Crippen molar-refractivity contribution in [1.29, 1.82) is 0 Å². The van der Waals surface area contributed by atoms with Gasteiger partial charge in [0.15, 0.2) is 0 Å². The quantitative estimate of drug-likeness (QED) is 0.810. The van der Waals surface area contributed by atoms with E-state index in [9.17, 15) is 13.9 Å². The molecule has 1 N–H and O–H groups in total. The van der Waals surface area contributed by atoms with E-state index in [1.165, 1.54) is 12.1 Å². The molecular formula is C12H16F2O2. The van der Waals surface area contributed by atoms with E-state index in [0.717, 1.165) is 18.4 Å². The van der Waals surface area contributed by atoms with Crippen molar-refractivity contribution < 1.29 is 18.6 Å². The van der Waals surface area contributed by atoms with Crippen molar-refractivity contribution in [1.82, 2.24) is 0 Å². The third kappa shape index (κ3) is 4.14. The van der Waals surface area contributed by atoms with E-state index in [1.54, 1.807) is 12.1 Å². The number of aliphatic hydroxyl groups is 1. The molecule has 4 heteroatoms. The van der Waals surface area contributed by atoms with Gasteiger partial charge in [0.1, 0.15) is 5.75 Å². The van der Waals surface area contributed by atoms with Crippen molar-refractivity contribution in [3.8, 4) is 5.75 Å². The predicted molar refractivity (Wildman–Crippen MR) is 57.6 cm³/mol. The summed E-state index contributed by atoms with van der Waals surface area (Å²) >= 11 is 0. The first-order valence-electron chi connectivity index (χ1n) is 5.36. The molecule has 0 aromatic heterocycles. The monoisotopic (exact) mass is 230 g/mol. The van der Waals surface area contributed by atoms with Crippen LogP contribution < -0.4 is 4.74 Å². The molecule has 0 radical (unpaired) electrons. The smallest absolute Gasteiger partial charge is 0.387 e. The fourth-order valence-electron chi connectivity index (χ4n) is 1.44. The van der Waals surface area contributed by atoms with Gasteiger partial charge in [0.25, 0.3) is 0 Å². The van der Waals surface area contributed by atoms with Crippen molar-refractivity contribution in [2.75, 3.05) is 0 Å². The van der Waals surface area contributed by atoms with Crippen molar-refractivity contribution in [2.45, 2.75) is 38.9 Å². The minimum atomic E-state index is -2.81. The number of aliphatic hydroxyl groups excluding tert-OH is 1. The lowest BCUT2D eigenvalue weighted by atomic mass is 10.0. The van der Waals surface area contributed by atoms with E-state index in [1.807, 2.05) is 6.92 Å². The van der Waals surface area contributed by atoms with Gasteiger partial charge in [-0.25, -0.2) is 0 Å². The maximum Gasteiger partial charge on any atom is 0.387 e. The van der Waals surface area contributed by atoms with Crippen molar-refractivity contribution in [3.05, 3.63) is 29.8 Å². The average Bonchev–Trinajstić information content (AvgIpc) is 2.26. The van der Waals surface area contributed by atoms with E-state index in [2.05, 4.69) is 4.74 Å². The summed E-state index contributed by atoms with van der Waals surface area (Å²) in [5.41, 5.74) is 0.732. The minimum Gasteiger partial charge on any atom is -0.435 e. The van der Waals surface area contributed by atoms with Crippen LogP contribution in [0.2, 0.25) is 0 Å². The number of benzene rings is 1. The van der Waals surface area contributed by atoms with Crippen LogP contribution in [-0.4, -0.2) is 11.7 Å². The molecule has 0 saturated carbocycles. The zero-order valence-electron chi connectivity index (χ0n) is 9.20. The van der Waals surface area contributed by atoms with Crippen LogP contribution in [0.5, 0.6) is 5.75 Å². The number of alkyl halides is 2. The second-order valence-corrected chi connectivity index (χ2v) is 3.61. The van der Waals surface area contributed by atoms with Crippen molar-refractivity contribution in [3.63, 3.8) is 0 Å². The SMILES string of the molecule is CCCCC(O)c1ccc(OC(F)F)cc1. The third-order valence-corrected chi connectivity index (χ3v) is 2.32. The molecule has 1 rings (SSSR count). The fraction of sp³-hybridized carbons (Fsp3) is 0.500. The Kier molecular flexibility index (Phi) is 5.19. The molecule has 0 bridgehead atoms. The molecule has 0 heterocycles. The molecule has 0 amide bonds. The summed E-state index contributed by atoms with van der Waals surface area (Å²) in [6, 6.07) is 6.10. The van der Waals surface area contributed by atoms with Gasteiger partial charge in [-0.1, -0.05) is 31.9 Å². The molecule has 0 aliphatic rings. The first-order valence-corrected chi connectivity index (χ1v) is 5.36. The van der Waals surface area contributed by atoms with E-state index in [-0.39, 0.29) is 5.75 Å². The molecule has 1 aromatic rings. The lowest BCUT2D eigenvalue weighted by Gasteiger charge is -2.11. The van der Waals surface area contributed by atoms with Gasteiger partial charge in [0.05, 0.1) is 6.10 Å². The predicted octanol–water partition coefficient (Wildman–Crippen LogP) is 3.51. The summed E-state index contributed by atoms with van der Waals surface area (Å²) in [4.78, 5) is 0. The van der Waals surface area contributed by atoms with Crippen LogP contribution in [0.1, 0.15) is 37.9 Å². The first kappa shape index (κ1) is 12.9. The van der Waals surface area contributed by atoms with Crippen LogP contribution in [-0.2, 0) is 0 Å². The van der Waals surface area contributed by atoms with Crippen LogP contribution >= 0.6 is 0 Å². The maximum absolute atomic E-state index is 11.9. The zero-order valence-corrected chi connectivity index (χ0v) is 9.20. The second kappa shape index (κ2) is 6.43. The van der Waals surface area contributed by atoms with Gasteiger partial charge >= 0.3 is 6.61 Å². The number of halogens is 2. The van der Waals surface area contributed by atoms with E-state index in [0.29, 0.717) is 6.42 Å². The molecular weight excluding hydrogens is 214 g/mol. The molecule has 0 aliphatic heterocycles. The van der Waals surface area contributed by atoms with E-state index in [4.69, 9.17) is 0 Å². The minimum absolute atomic E-state index is 0.112. The van der Waals surface area contributed by atoms with Gasteiger partial charge in [-0.05, 0) is 24.1 Å². The highest BCUT2D eigenvalue weighted by molar-refractivity contribution is 5.28. The third-order valence-electron chi connectivity index (χ3n) is 2.32. The van der Waals surface area contributed by atoms with Gasteiger partial charge < -0.3 is 9.84 Å². The molecule has 1 unspecified atom stereocenters. The Balaban J connectivity index is 2.56. The van der Waals surface area contributed by atoms with Crippen molar-refractivity contribution >= 4 is 0 Å². The fourth-order valence-corrected chi connectivity index (χ4v) is 1.44. The van der Waals surface area contributed by atoms with Crippen LogP contribution in [0.3, 0.4) is 0 Å². The van der Waals surface area contributed by atoms with Crippen LogP contribution in [0, 0.1) is 0 Å². The van der Waals surface area contributed by atoms with E-state index >= 15 is 0 Å². The lowest BCUT2D eigenvalue weighted by Crippen LogP contribution is -2.02. The summed E-state index contributed by atoms with van der Waals surface area (Å²) in [5.74, 6) is 0.112. The van der Waals surface area contributed by atoms with Gasteiger partial charge in [0, 0.05) is 0 Å². The van der Waals surface area contributed by atoms with Crippen LogP contribution in [0.4, 0.5) is 8.78 Å². The highest BCUT2D eigenvalue weighted by atomic mass is 19.3. The van der Waals surface area contributed by atoms with Crippen LogP contribution in [0.15, 0.2) is 24.3 Å². The molecule has 16 heavy (non-hydrogen) atoms. The van der Waals surface area contributed by atoms with Gasteiger partial charge in [-0.15, -0.1) is 0 Å². The largest absolute Gasteiger partial charge is 0.435 e. The number of hydrogen-bond donors (Lipinski definition) is 1. The Morgan fingerprint density at radius 3 is 2.38 bits per heavy atom. The number of rotatable bonds is 6. The van der Waals surface area contributed by atoms with Crippen LogP contribution in [0.25, 0.3) is 0 Å². The van der Waals surface area contributed by atoms with Gasteiger partial charge in [-0.2, -0.15) is 8.78 Å². The van der Waals surface area contributed by atoms with Gasteiger partial charge in [0.2, 0.25) is 0 Å². The first-order chi connectivity index (χ1) is 7.63.